The number of rotatable bonds is 5. The van der Waals surface area contributed by atoms with Gasteiger partial charge in [-0.05, 0) is 43.6 Å². The Morgan fingerprint density at radius 2 is 2.05 bits per heavy atom. The number of benzene rings is 1. The summed E-state index contributed by atoms with van der Waals surface area (Å²) >= 11 is 0. The third-order valence-electron chi connectivity index (χ3n) is 4.10. The minimum absolute atomic E-state index is 0.0449. The maximum atomic E-state index is 11.5. The predicted octanol–water partition coefficient (Wildman–Crippen LogP) is 1.54. The second-order valence-electron chi connectivity index (χ2n) is 5.42. The van der Waals surface area contributed by atoms with E-state index in [0.717, 1.165) is 49.4 Å². The van der Waals surface area contributed by atoms with Crippen molar-refractivity contribution >= 4 is 5.97 Å². The van der Waals surface area contributed by atoms with Crippen LogP contribution in [-0.4, -0.2) is 38.2 Å². The van der Waals surface area contributed by atoms with Crippen molar-refractivity contribution in [2.24, 2.45) is 11.7 Å². The molecule has 0 radical (unpaired) electrons. The highest BCUT2D eigenvalue weighted by molar-refractivity contribution is 5.72. The van der Waals surface area contributed by atoms with Crippen LogP contribution in [0.1, 0.15) is 24.0 Å². The summed E-state index contributed by atoms with van der Waals surface area (Å²) in [6, 6.07) is 6.07. The first-order valence-corrected chi connectivity index (χ1v) is 7.34. The molecule has 5 nitrogen and oxygen atoms in total. The monoisotopic (exact) mass is 292 g/mol. The number of esters is 1. The van der Waals surface area contributed by atoms with E-state index < -0.39 is 0 Å². The Labute approximate surface area is 126 Å². The van der Waals surface area contributed by atoms with Crippen molar-refractivity contribution in [3.05, 3.63) is 29.3 Å². The van der Waals surface area contributed by atoms with Crippen LogP contribution in [0.3, 0.4) is 0 Å². The van der Waals surface area contributed by atoms with Crippen LogP contribution in [0.25, 0.3) is 0 Å². The van der Waals surface area contributed by atoms with Crippen molar-refractivity contribution in [1.29, 1.82) is 0 Å². The number of hydrogen-bond acceptors (Lipinski definition) is 5. The lowest BCUT2D eigenvalue weighted by atomic mass is 9.96. The first-order chi connectivity index (χ1) is 10.2. The molecule has 1 aliphatic rings. The average molecular weight is 292 g/mol. The molecular formula is C16H24N2O3. The number of methoxy groups -OCH3 is 2. The van der Waals surface area contributed by atoms with Gasteiger partial charge in [0.15, 0.2) is 0 Å². The molecule has 116 valence electrons. The van der Waals surface area contributed by atoms with Crippen LogP contribution in [0, 0.1) is 5.92 Å². The molecule has 1 fully saturated rings. The molecule has 5 heteroatoms. The summed E-state index contributed by atoms with van der Waals surface area (Å²) in [6.45, 7) is 3.15. The molecule has 0 aliphatic carbocycles. The number of hydrogen-bond donors (Lipinski definition) is 1. The first-order valence-electron chi connectivity index (χ1n) is 7.34. The highest BCUT2D eigenvalue weighted by Crippen LogP contribution is 2.25. The number of piperidine rings is 1. The standard InChI is InChI=1S/C16H24N2O3/c1-20-15-4-3-12(10-17)9-14(15)11-18-7-5-13(6-8-18)16(19)21-2/h3-4,9,13H,5-8,10-11,17H2,1-2H3. The fourth-order valence-corrected chi connectivity index (χ4v) is 2.82. The van der Waals surface area contributed by atoms with Gasteiger partial charge in [-0.3, -0.25) is 9.69 Å². The molecule has 0 aromatic heterocycles. The van der Waals surface area contributed by atoms with Gasteiger partial charge < -0.3 is 15.2 Å². The van der Waals surface area contributed by atoms with Gasteiger partial charge in [0.1, 0.15) is 5.75 Å². The van der Waals surface area contributed by atoms with Gasteiger partial charge >= 0.3 is 5.97 Å². The van der Waals surface area contributed by atoms with E-state index in [4.69, 9.17) is 15.2 Å². The average Bonchev–Trinajstić information content (AvgIpc) is 2.54. The van der Waals surface area contributed by atoms with Crippen molar-refractivity contribution in [1.82, 2.24) is 4.90 Å². The van der Waals surface area contributed by atoms with Gasteiger partial charge in [-0.15, -0.1) is 0 Å². The number of carbonyl (C=O) groups excluding carboxylic acids is 1. The topological polar surface area (TPSA) is 64.8 Å². The number of carbonyl (C=O) groups is 1. The summed E-state index contributed by atoms with van der Waals surface area (Å²) in [5.74, 6) is 0.850. The normalized spacial score (nSPS) is 16.7. The van der Waals surface area contributed by atoms with Crippen molar-refractivity contribution in [2.45, 2.75) is 25.9 Å². The lowest BCUT2D eigenvalue weighted by Crippen LogP contribution is -2.36. The second kappa shape index (κ2) is 7.43. The molecule has 0 amide bonds. The molecular weight excluding hydrogens is 268 g/mol. The lowest BCUT2D eigenvalue weighted by molar-refractivity contribution is -0.147. The zero-order chi connectivity index (χ0) is 15.2. The largest absolute Gasteiger partial charge is 0.496 e. The van der Waals surface area contributed by atoms with Crippen molar-refractivity contribution in [3.63, 3.8) is 0 Å². The third-order valence-corrected chi connectivity index (χ3v) is 4.10. The Balaban J connectivity index is 1.98. The maximum absolute atomic E-state index is 11.5. The summed E-state index contributed by atoms with van der Waals surface area (Å²) in [5.41, 5.74) is 7.96. The fraction of sp³-hybridized carbons (Fsp3) is 0.562. The van der Waals surface area contributed by atoms with Gasteiger partial charge in [-0.1, -0.05) is 6.07 Å². The van der Waals surface area contributed by atoms with Gasteiger partial charge in [0, 0.05) is 18.7 Å². The lowest BCUT2D eigenvalue weighted by Gasteiger charge is -2.31. The van der Waals surface area contributed by atoms with Gasteiger partial charge in [-0.2, -0.15) is 0 Å². The van der Waals surface area contributed by atoms with Crippen LogP contribution in [0.4, 0.5) is 0 Å². The molecule has 0 saturated carbocycles. The van der Waals surface area contributed by atoms with Crippen LogP contribution in [0.5, 0.6) is 5.75 Å². The smallest absolute Gasteiger partial charge is 0.308 e. The van der Waals surface area contributed by atoms with Crippen molar-refractivity contribution in [3.8, 4) is 5.75 Å². The van der Waals surface area contributed by atoms with Crippen molar-refractivity contribution in [2.75, 3.05) is 27.3 Å². The van der Waals surface area contributed by atoms with Crippen LogP contribution < -0.4 is 10.5 Å². The molecule has 0 spiro atoms. The highest BCUT2D eigenvalue weighted by atomic mass is 16.5. The molecule has 1 aliphatic heterocycles. The van der Waals surface area contributed by atoms with E-state index in [-0.39, 0.29) is 11.9 Å². The van der Waals surface area contributed by atoms with E-state index in [0.29, 0.717) is 6.54 Å². The van der Waals surface area contributed by atoms with E-state index >= 15 is 0 Å². The van der Waals surface area contributed by atoms with E-state index in [1.54, 1.807) is 7.11 Å². The van der Waals surface area contributed by atoms with Crippen LogP contribution in [0.2, 0.25) is 0 Å². The Bertz CT molecular complexity index is 482. The summed E-state index contributed by atoms with van der Waals surface area (Å²) in [4.78, 5) is 13.9. The van der Waals surface area contributed by atoms with E-state index in [1.807, 2.05) is 12.1 Å². The molecule has 1 aromatic rings. The van der Waals surface area contributed by atoms with Crippen LogP contribution >= 0.6 is 0 Å². The van der Waals surface area contributed by atoms with E-state index in [2.05, 4.69) is 11.0 Å². The second-order valence-corrected chi connectivity index (χ2v) is 5.42. The van der Waals surface area contributed by atoms with Crippen LogP contribution in [0.15, 0.2) is 18.2 Å². The predicted molar refractivity (Wildman–Crippen MR) is 80.9 cm³/mol. The van der Waals surface area contributed by atoms with Gasteiger partial charge in [-0.25, -0.2) is 0 Å². The summed E-state index contributed by atoms with van der Waals surface area (Å²) in [7, 11) is 3.14. The molecule has 1 heterocycles. The Morgan fingerprint density at radius 3 is 2.62 bits per heavy atom. The summed E-state index contributed by atoms with van der Waals surface area (Å²) in [5, 5.41) is 0. The molecule has 1 aromatic carbocycles. The molecule has 2 rings (SSSR count). The summed E-state index contributed by atoms with van der Waals surface area (Å²) in [6.07, 6.45) is 1.71. The zero-order valence-corrected chi connectivity index (χ0v) is 12.8. The molecule has 0 unspecified atom stereocenters. The van der Waals surface area contributed by atoms with Gasteiger partial charge in [0.25, 0.3) is 0 Å². The van der Waals surface area contributed by atoms with Crippen LogP contribution in [-0.2, 0) is 22.6 Å². The maximum Gasteiger partial charge on any atom is 0.308 e. The van der Waals surface area contributed by atoms with E-state index in [9.17, 15) is 4.79 Å². The summed E-state index contributed by atoms with van der Waals surface area (Å²) < 4.78 is 10.2. The number of likely N-dealkylation sites (tertiary alicyclic amines) is 1. The molecule has 2 N–H and O–H groups in total. The highest BCUT2D eigenvalue weighted by Gasteiger charge is 2.25. The number of nitrogens with two attached hydrogens (primary N) is 1. The van der Waals surface area contributed by atoms with Crippen molar-refractivity contribution < 1.29 is 14.3 Å². The Hall–Kier alpha value is -1.59. The minimum atomic E-state index is -0.0858. The van der Waals surface area contributed by atoms with Gasteiger partial charge in [0.2, 0.25) is 0 Å². The third kappa shape index (κ3) is 3.95. The first kappa shape index (κ1) is 15.8. The quantitative estimate of drug-likeness (QED) is 0.834. The Morgan fingerprint density at radius 1 is 1.33 bits per heavy atom. The van der Waals surface area contributed by atoms with E-state index in [1.165, 1.54) is 7.11 Å². The molecule has 0 bridgehead atoms. The zero-order valence-electron chi connectivity index (χ0n) is 12.8. The number of ether oxygens (including phenoxy) is 2. The SMILES string of the molecule is COC(=O)C1CCN(Cc2cc(CN)ccc2OC)CC1. The minimum Gasteiger partial charge on any atom is -0.496 e. The van der Waals surface area contributed by atoms with Gasteiger partial charge in [0.05, 0.1) is 20.1 Å². The molecule has 1 saturated heterocycles. The number of nitrogens with zero attached hydrogens (tertiary/aromatic N) is 1. The fourth-order valence-electron chi connectivity index (χ4n) is 2.82. The molecule has 0 atom stereocenters. The Kier molecular flexibility index (Phi) is 5.59. The molecule has 21 heavy (non-hydrogen) atoms.